The highest BCUT2D eigenvalue weighted by Crippen LogP contribution is 2.10. The predicted molar refractivity (Wildman–Crippen MR) is 87.6 cm³/mol. The summed E-state index contributed by atoms with van der Waals surface area (Å²) < 4.78 is 4.65. The molecule has 0 aliphatic rings. The Kier molecular flexibility index (Phi) is 21.4. The summed E-state index contributed by atoms with van der Waals surface area (Å²) in [6.45, 7) is 1.99. The molecule has 0 bridgehead atoms. The Hall–Kier alpha value is -0.850. The molecule has 0 fully saturated rings. The van der Waals surface area contributed by atoms with Gasteiger partial charge in [-0.15, -0.1) is 0 Å². The van der Waals surface area contributed by atoms with Crippen LogP contribution in [0.3, 0.4) is 0 Å². The summed E-state index contributed by atoms with van der Waals surface area (Å²) in [5, 5.41) is 24.0. The fraction of sp³-hybridized carbons (Fsp3) is 0.938. The van der Waals surface area contributed by atoms with Crippen molar-refractivity contribution in [2.75, 3.05) is 19.8 Å². The van der Waals surface area contributed by atoms with Gasteiger partial charge in [-0.1, -0.05) is 64.7 Å². The summed E-state index contributed by atoms with van der Waals surface area (Å²) >= 11 is 0. The van der Waals surface area contributed by atoms with E-state index in [-0.39, 0.29) is 13.2 Å². The van der Waals surface area contributed by atoms with Gasteiger partial charge in [0.2, 0.25) is 0 Å². The summed E-state index contributed by atoms with van der Waals surface area (Å²) in [6, 6.07) is 0. The molecule has 0 aliphatic heterocycles. The first-order chi connectivity index (χ1) is 10.6. The van der Waals surface area contributed by atoms with Crippen LogP contribution in [0.4, 0.5) is 4.79 Å². The zero-order valence-corrected chi connectivity index (χ0v) is 14.0. The Balaban J connectivity index is 0. The van der Waals surface area contributed by atoms with E-state index in [0.29, 0.717) is 6.61 Å². The number of carbonyl (C=O) groups is 1. The molecule has 0 aromatic carbocycles. The van der Waals surface area contributed by atoms with Crippen LogP contribution in [0.5, 0.6) is 0 Å². The molecular formula is C16H35NO5. The Morgan fingerprint density at radius 1 is 0.909 bits per heavy atom. The fourth-order valence-electron chi connectivity index (χ4n) is 1.82. The lowest BCUT2D eigenvalue weighted by molar-refractivity contribution is 0.0450. The number of unbranched alkanes of at least 4 members (excludes halogenated alkanes) is 9. The maximum absolute atomic E-state index is 10.3. The maximum Gasteiger partial charge on any atom is 0.404 e. The highest BCUT2D eigenvalue weighted by molar-refractivity contribution is 5.64. The predicted octanol–water partition coefficient (Wildman–Crippen LogP) is 2.33. The van der Waals surface area contributed by atoms with Gasteiger partial charge in [0, 0.05) is 0 Å². The number of hydrogen-bond acceptors (Lipinski definition) is 5. The van der Waals surface area contributed by atoms with Crippen molar-refractivity contribution in [1.82, 2.24) is 0 Å². The number of aliphatic hydroxyl groups is 3. The number of rotatable bonds is 13. The van der Waals surface area contributed by atoms with E-state index in [2.05, 4.69) is 11.7 Å². The largest absolute Gasteiger partial charge is 0.450 e. The zero-order valence-electron chi connectivity index (χ0n) is 14.0. The normalized spacial score (nSPS) is 10.2. The van der Waals surface area contributed by atoms with Crippen molar-refractivity contribution >= 4 is 6.09 Å². The van der Waals surface area contributed by atoms with Crippen molar-refractivity contribution in [3.05, 3.63) is 0 Å². The third-order valence-corrected chi connectivity index (χ3v) is 3.16. The van der Waals surface area contributed by atoms with E-state index in [1.807, 2.05) is 0 Å². The number of amides is 1. The number of carbonyl (C=O) groups excluding carboxylic acids is 1. The van der Waals surface area contributed by atoms with Crippen molar-refractivity contribution in [3.63, 3.8) is 0 Å². The number of aliphatic hydroxyl groups excluding tert-OH is 3. The van der Waals surface area contributed by atoms with Crippen molar-refractivity contribution in [2.24, 2.45) is 5.73 Å². The van der Waals surface area contributed by atoms with Crippen LogP contribution in [-0.4, -0.2) is 47.3 Å². The molecule has 0 radical (unpaired) electrons. The molecule has 134 valence electrons. The van der Waals surface area contributed by atoms with Gasteiger partial charge in [-0.05, 0) is 6.42 Å². The number of nitrogens with two attached hydrogens (primary N) is 1. The minimum atomic E-state index is -0.954. The van der Waals surface area contributed by atoms with Gasteiger partial charge in [-0.25, -0.2) is 4.79 Å². The Bertz CT molecular complexity index is 223. The van der Waals surface area contributed by atoms with Gasteiger partial charge in [0.15, 0.2) is 0 Å². The monoisotopic (exact) mass is 321 g/mol. The second kappa shape index (κ2) is 20.1. The molecule has 0 atom stereocenters. The van der Waals surface area contributed by atoms with E-state index in [4.69, 9.17) is 21.1 Å². The van der Waals surface area contributed by atoms with E-state index in [1.165, 1.54) is 51.4 Å². The molecule has 0 aromatic heterocycles. The first kappa shape index (κ1) is 23.4. The van der Waals surface area contributed by atoms with Gasteiger partial charge < -0.3 is 25.8 Å². The van der Waals surface area contributed by atoms with Crippen molar-refractivity contribution in [3.8, 4) is 0 Å². The molecule has 0 heterocycles. The summed E-state index contributed by atoms with van der Waals surface area (Å²) in [7, 11) is 0. The van der Waals surface area contributed by atoms with Crippen molar-refractivity contribution in [1.29, 1.82) is 0 Å². The van der Waals surface area contributed by atoms with Crippen LogP contribution in [-0.2, 0) is 4.74 Å². The average Bonchev–Trinajstić information content (AvgIpc) is 2.52. The molecule has 5 N–H and O–H groups in total. The first-order valence-electron chi connectivity index (χ1n) is 8.40. The molecule has 0 saturated heterocycles. The molecule has 1 amide bonds. The zero-order chi connectivity index (χ0) is 17.1. The second-order valence-electron chi connectivity index (χ2n) is 5.37. The smallest absolute Gasteiger partial charge is 0.404 e. The summed E-state index contributed by atoms with van der Waals surface area (Å²) in [5.41, 5.74) is 4.85. The van der Waals surface area contributed by atoms with E-state index in [1.54, 1.807) is 0 Å². The minimum Gasteiger partial charge on any atom is -0.450 e. The molecule has 0 aliphatic carbocycles. The Morgan fingerprint density at radius 2 is 1.32 bits per heavy atom. The first-order valence-corrected chi connectivity index (χ1v) is 8.40. The highest BCUT2D eigenvalue weighted by atomic mass is 16.5. The molecule has 6 heteroatoms. The summed E-state index contributed by atoms with van der Waals surface area (Å²) in [5.74, 6) is 0. The summed E-state index contributed by atoms with van der Waals surface area (Å²) in [6.07, 6.45) is 11.2. The lowest BCUT2D eigenvalue weighted by atomic mass is 10.1. The quantitative estimate of drug-likeness (QED) is 0.389. The van der Waals surface area contributed by atoms with Crippen LogP contribution < -0.4 is 5.73 Å². The number of hydrogen-bond donors (Lipinski definition) is 4. The molecule has 0 unspecified atom stereocenters. The van der Waals surface area contributed by atoms with Gasteiger partial charge in [-0.2, -0.15) is 0 Å². The third-order valence-electron chi connectivity index (χ3n) is 3.16. The fourth-order valence-corrected chi connectivity index (χ4v) is 1.82. The van der Waals surface area contributed by atoms with E-state index in [9.17, 15) is 4.79 Å². The molecular weight excluding hydrogens is 286 g/mol. The third kappa shape index (κ3) is 24.2. The van der Waals surface area contributed by atoms with Crippen LogP contribution in [0, 0.1) is 0 Å². The molecule has 22 heavy (non-hydrogen) atoms. The average molecular weight is 321 g/mol. The van der Waals surface area contributed by atoms with Gasteiger partial charge in [0.05, 0.1) is 19.8 Å². The Labute approximate surface area is 134 Å². The molecule has 6 nitrogen and oxygen atoms in total. The topological polar surface area (TPSA) is 113 Å². The van der Waals surface area contributed by atoms with Crippen LogP contribution in [0.2, 0.25) is 0 Å². The standard InChI is InChI=1S/C13H27NO2.C3H8O3/c1-2-3-4-5-6-7-8-9-10-11-12-16-13(14)15;4-1-3(6)2-5/h2-12H2,1H3,(H2,14,15);3-6H,1-2H2. The van der Waals surface area contributed by atoms with Crippen molar-refractivity contribution < 1.29 is 24.9 Å². The SMILES string of the molecule is CCCCCCCCCCCCOC(N)=O.OCC(O)CO. The van der Waals surface area contributed by atoms with Crippen LogP contribution in [0.15, 0.2) is 0 Å². The lowest BCUT2D eigenvalue weighted by Gasteiger charge is -2.02. The van der Waals surface area contributed by atoms with Crippen LogP contribution in [0.1, 0.15) is 71.1 Å². The molecule has 0 spiro atoms. The molecule has 0 aromatic rings. The van der Waals surface area contributed by atoms with Crippen molar-refractivity contribution in [2.45, 2.75) is 77.2 Å². The van der Waals surface area contributed by atoms with E-state index < -0.39 is 12.2 Å². The van der Waals surface area contributed by atoms with Gasteiger partial charge in [-0.3, -0.25) is 0 Å². The maximum atomic E-state index is 10.3. The molecule has 0 saturated carbocycles. The van der Waals surface area contributed by atoms with Crippen LogP contribution >= 0.6 is 0 Å². The van der Waals surface area contributed by atoms with Gasteiger partial charge in [0.1, 0.15) is 6.10 Å². The van der Waals surface area contributed by atoms with Gasteiger partial charge >= 0.3 is 6.09 Å². The number of ether oxygens (including phenoxy) is 1. The van der Waals surface area contributed by atoms with E-state index in [0.717, 1.165) is 12.8 Å². The Morgan fingerprint density at radius 3 is 1.64 bits per heavy atom. The van der Waals surface area contributed by atoms with E-state index >= 15 is 0 Å². The van der Waals surface area contributed by atoms with Gasteiger partial charge in [0.25, 0.3) is 0 Å². The number of primary amides is 1. The molecule has 0 rings (SSSR count). The minimum absolute atomic E-state index is 0.365. The summed E-state index contributed by atoms with van der Waals surface area (Å²) in [4.78, 5) is 10.3. The highest BCUT2D eigenvalue weighted by Gasteiger charge is 1.95. The lowest BCUT2D eigenvalue weighted by Crippen LogP contribution is -2.15. The van der Waals surface area contributed by atoms with Crippen LogP contribution in [0.25, 0.3) is 0 Å². The second-order valence-corrected chi connectivity index (χ2v) is 5.37.